The summed E-state index contributed by atoms with van der Waals surface area (Å²) in [5, 5.41) is 3.81. The first kappa shape index (κ1) is 13.1. The maximum Gasteiger partial charge on any atom is 0.234 e. The van der Waals surface area contributed by atoms with E-state index < -0.39 is 0 Å². The van der Waals surface area contributed by atoms with Crippen LogP contribution < -0.4 is 5.32 Å². The van der Waals surface area contributed by atoms with Crippen molar-refractivity contribution in [2.45, 2.75) is 19.3 Å². The van der Waals surface area contributed by atoms with Crippen LogP contribution in [-0.4, -0.2) is 23.4 Å². The number of benzene rings is 1. The lowest BCUT2D eigenvalue weighted by molar-refractivity contribution is -0.140. The predicted molar refractivity (Wildman–Crippen MR) is 79.6 cm³/mol. The molecule has 4 atom stereocenters. The molecule has 1 aliphatic heterocycles. The maximum atomic E-state index is 12.5. The fourth-order valence-electron chi connectivity index (χ4n) is 4.36. The molecule has 1 saturated heterocycles. The number of nitrogens with one attached hydrogen (secondary N) is 1. The molecule has 3 fully saturated rings. The van der Waals surface area contributed by atoms with Crippen molar-refractivity contribution in [1.82, 2.24) is 4.90 Å². The predicted octanol–water partition coefficient (Wildman–Crippen LogP) is 2.74. The first-order valence-corrected chi connectivity index (χ1v) is 7.87. The number of carbonyl (C=O) groups is 2. The summed E-state index contributed by atoms with van der Waals surface area (Å²) in [4.78, 5) is 26.4. The Balaban J connectivity index is 1.48. The summed E-state index contributed by atoms with van der Waals surface area (Å²) in [5.74, 6) is 0.859. The Labute approximate surface area is 128 Å². The molecule has 1 aromatic carbocycles. The van der Waals surface area contributed by atoms with Crippen LogP contribution in [0.3, 0.4) is 0 Å². The van der Waals surface area contributed by atoms with E-state index >= 15 is 0 Å². The van der Waals surface area contributed by atoms with Crippen LogP contribution in [0, 0.1) is 23.7 Å². The van der Waals surface area contributed by atoms with Crippen LogP contribution in [0.15, 0.2) is 24.3 Å². The van der Waals surface area contributed by atoms with Gasteiger partial charge in [-0.05, 0) is 55.4 Å². The number of fused-ring (bicyclic) bond motifs is 5. The molecule has 110 valence electrons. The van der Waals surface area contributed by atoms with E-state index in [1.165, 1.54) is 4.90 Å². The minimum atomic E-state index is -0.0386. The number of rotatable bonds is 3. The molecule has 1 N–H and O–H groups in total. The number of hydrogen-bond donors (Lipinski definition) is 1. The van der Waals surface area contributed by atoms with Gasteiger partial charge in [-0.3, -0.25) is 14.5 Å². The molecule has 21 heavy (non-hydrogen) atoms. The van der Waals surface area contributed by atoms with E-state index in [0.29, 0.717) is 16.9 Å². The summed E-state index contributed by atoms with van der Waals surface area (Å²) in [5.41, 5.74) is 0.861. The van der Waals surface area contributed by atoms with Gasteiger partial charge in [-0.1, -0.05) is 11.6 Å². The van der Waals surface area contributed by atoms with Crippen LogP contribution >= 0.6 is 11.6 Å². The number of nitrogens with zero attached hydrogens (tertiary/aromatic N) is 1. The summed E-state index contributed by atoms with van der Waals surface area (Å²) in [6.07, 6.45) is 3.30. The highest BCUT2D eigenvalue weighted by molar-refractivity contribution is 6.30. The van der Waals surface area contributed by atoms with Gasteiger partial charge in [0.15, 0.2) is 0 Å². The first-order valence-electron chi connectivity index (χ1n) is 7.50. The molecule has 0 radical (unpaired) electrons. The monoisotopic (exact) mass is 304 g/mol. The molecular weight excluding hydrogens is 288 g/mol. The molecule has 4 unspecified atom stereocenters. The van der Waals surface area contributed by atoms with E-state index in [-0.39, 0.29) is 30.3 Å². The summed E-state index contributed by atoms with van der Waals surface area (Å²) in [7, 11) is 0. The zero-order chi connectivity index (χ0) is 14.6. The number of imide groups is 1. The van der Waals surface area contributed by atoms with Crippen LogP contribution in [0.4, 0.5) is 5.69 Å². The number of carbonyl (C=O) groups excluding carboxylic acids is 2. The van der Waals surface area contributed by atoms with E-state index in [4.69, 9.17) is 11.6 Å². The van der Waals surface area contributed by atoms with Crippen LogP contribution in [0.25, 0.3) is 0 Å². The molecular formula is C16H17ClN2O2. The Morgan fingerprint density at radius 2 is 1.62 bits per heavy atom. The Morgan fingerprint density at radius 1 is 1.05 bits per heavy atom. The zero-order valence-corrected chi connectivity index (χ0v) is 12.3. The first-order chi connectivity index (χ1) is 10.1. The second kappa shape index (κ2) is 4.73. The third-order valence-corrected chi connectivity index (χ3v) is 5.56. The minimum absolute atomic E-state index is 0.0265. The van der Waals surface area contributed by atoms with Gasteiger partial charge in [-0.15, -0.1) is 0 Å². The second-order valence-corrected chi connectivity index (χ2v) is 6.77. The molecule has 1 aromatic rings. The minimum Gasteiger partial charge on any atom is -0.367 e. The van der Waals surface area contributed by atoms with Gasteiger partial charge in [0.1, 0.15) is 0 Å². The Hall–Kier alpha value is -1.55. The van der Waals surface area contributed by atoms with Crippen molar-refractivity contribution in [2.75, 3.05) is 12.0 Å². The summed E-state index contributed by atoms with van der Waals surface area (Å²) in [6.45, 7) is 0.256. The number of amides is 2. The molecule has 3 aliphatic rings. The summed E-state index contributed by atoms with van der Waals surface area (Å²) in [6, 6.07) is 7.26. The van der Waals surface area contributed by atoms with E-state index in [1.807, 2.05) is 12.1 Å². The van der Waals surface area contributed by atoms with Crippen molar-refractivity contribution in [3.05, 3.63) is 29.3 Å². The highest BCUT2D eigenvalue weighted by Gasteiger charge is 2.60. The van der Waals surface area contributed by atoms with Crippen molar-refractivity contribution in [1.29, 1.82) is 0 Å². The molecule has 2 saturated carbocycles. The Bertz CT molecular complexity index is 573. The van der Waals surface area contributed by atoms with Gasteiger partial charge in [0.2, 0.25) is 11.8 Å². The molecule has 0 spiro atoms. The quantitative estimate of drug-likeness (QED) is 0.874. The van der Waals surface area contributed by atoms with Crippen molar-refractivity contribution in [2.24, 2.45) is 23.7 Å². The van der Waals surface area contributed by atoms with Crippen LogP contribution in [0.5, 0.6) is 0 Å². The third-order valence-electron chi connectivity index (χ3n) is 5.30. The molecule has 2 bridgehead atoms. The lowest BCUT2D eigenvalue weighted by atomic mass is 9.81. The van der Waals surface area contributed by atoms with Gasteiger partial charge >= 0.3 is 0 Å². The van der Waals surface area contributed by atoms with Crippen molar-refractivity contribution < 1.29 is 9.59 Å². The fourth-order valence-corrected chi connectivity index (χ4v) is 4.49. The standard InChI is InChI=1S/C16H17ClN2O2/c17-11-3-5-12(6-4-11)18-8-19-15(20)13-9-1-2-10(7-9)14(13)16(19)21/h3-6,9-10,13-14,18H,1-2,7-8H2. The fraction of sp³-hybridized carbons (Fsp3) is 0.500. The lowest BCUT2D eigenvalue weighted by Gasteiger charge is -2.19. The lowest BCUT2D eigenvalue weighted by Crippen LogP contribution is -2.36. The van der Waals surface area contributed by atoms with Gasteiger partial charge in [-0.25, -0.2) is 0 Å². The molecule has 2 amide bonds. The Morgan fingerprint density at radius 3 is 2.19 bits per heavy atom. The number of likely N-dealkylation sites (tertiary alicyclic amines) is 1. The smallest absolute Gasteiger partial charge is 0.234 e. The molecule has 4 rings (SSSR count). The summed E-state index contributed by atoms with van der Waals surface area (Å²) >= 11 is 5.84. The number of anilines is 1. The van der Waals surface area contributed by atoms with Crippen molar-refractivity contribution in [3.63, 3.8) is 0 Å². The van der Waals surface area contributed by atoms with Gasteiger partial charge in [0.05, 0.1) is 18.5 Å². The van der Waals surface area contributed by atoms with E-state index in [0.717, 1.165) is 24.9 Å². The average molecular weight is 305 g/mol. The second-order valence-electron chi connectivity index (χ2n) is 6.33. The average Bonchev–Trinajstić information content (AvgIpc) is 3.14. The highest BCUT2D eigenvalue weighted by atomic mass is 35.5. The maximum absolute atomic E-state index is 12.5. The third kappa shape index (κ3) is 1.96. The zero-order valence-electron chi connectivity index (χ0n) is 11.6. The normalized spacial score (nSPS) is 33.7. The molecule has 4 nitrogen and oxygen atoms in total. The topological polar surface area (TPSA) is 49.4 Å². The Kier molecular flexibility index (Phi) is 2.96. The van der Waals surface area contributed by atoms with Gasteiger partial charge in [0, 0.05) is 10.7 Å². The van der Waals surface area contributed by atoms with Crippen molar-refractivity contribution in [3.8, 4) is 0 Å². The van der Waals surface area contributed by atoms with Crippen LogP contribution in [0.1, 0.15) is 19.3 Å². The van der Waals surface area contributed by atoms with Crippen LogP contribution in [-0.2, 0) is 9.59 Å². The SMILES string of the molecule is O=C1C2C3CCC(C3)C2C(=O)N1CNc1ccc(Cl)cc1. The van der Waals surface area contributed by atoms with Crippen molar-refractivity contribution >= 4 is 29.1 Å². The molecule has 1 heterocycles. The number of halogens is 1. The van der Waals surface area contributed by atoms with Crippen LogP contribution in [0.2, 0.25) is 5.02 Å². The highest BCUT2D eigenvalue weighted by Crippen LogP contribution is 2.55. The van der Waals surface area contributed by atoms with Gasteiger partial charge < -0.3 is 5.32 Å². The van der Waals surface area contributed by atoms with E-state index in [2.05, 4.69) is 5.32 Å². The van der Waals surface area contributed by atoms with Gasteiger partial charge in [-0.2, -0.15) is 0 Å². The number of hydrogen-bond acceptors (Lipinski definition) is 3. The van der Waals surface area contributed by atoms with E-state index in [9.17, 15) is 9.59 Å². The molecule has 5 heteroatoms. The largest absolute Gasteiger partial charge is 0.367 e. The summed E-state index contributed by atoms with van der Waals surface area (Å²) < 4.78 is 0. The molecule has 0 aromatic heterocycles. The van der Waals surface area contributed by atoms with Gasteiger partial charge in [0.25, 0.3) is 0 Å². The van der Waals surface area contributed by atoms with E-state index in [1.54, 1.807) is 12.1 Å². The molecule has 2 aliphatic carbocycles.